The molecule has 0 amide bonds. The molecular formula is C12H17N3O2. The molecule has 5 nitrogen and oxygen atoms in total. The molecule has 0 aliphatic carbocycles. The van der Waals surface area contributed by atoms with Crippen molar-refractivity contribution in [1.29, 1.82) is 0 Å². The SMILES string of the molecule is C=CCN(c1ncc(C(=O)O)c(C)n1)C(C)C. The molecule has 0 saturated carbocycles. The Bertz CT molecular complexity index is 430. The first-order valence-corrected chi connectivity index (χ1v) is 5.41. The lowest BCUT2D eigenvalue weighted by atomic mass is 10.2. The van der Waals surface area contributed by atoms with E-state index in [4.69, 9.17) is 5.11 Å². The van der Waals surface area contributed by atoms with E-state index in [0.29, 0.717) is 18.2 Å². The van der Waals surface area contributed by atoms with E-state index in [0.717, 1.165) is 0 Å². The van der Waals surface area contributed by atoms with Crippen molar-refractivity contribution in [2.24, 2.45) is 0 Å². The van der Waals surface area contributed by atoms with Gasteiger partial charge in [0, 0.05) is 18.8 Å². The zero-order valence-corrected chi connectivity index (χ0v) is 10.3. The van der Waals surface area contributed by atoms with Gasteiger partial charge in [-0.2, -0.15) is 0 Å². The van der Waals surface area contributed by atoms with Crippen LogP contribution in [-0.4, -0.2) is 33.6 Å². The van der Waals surface area contributed by atoms with Crippen molar-refractivity contribution in [2.45, 2.75) is 26.8 Å². The number of nitrogens with zero attached hydrogens (tertiary/aromatic N) is 3. The van der Waals surface area contributed by atoms with Gasteiger partial charge in [0.25, 0.3) is 0 Å². The molecule has 0 spiro atoms. The second-order valence-corrected chi connectivity index (χ2v) is 4.01. The van der Waals surface area contributed by atoms with Gasteiger partial charge in [-0.3, -0.25) is 0 Å². The van der Waals surface area contributed by atoms with Crippen LogP contribution in [-0.2, 0) is 0 Å². The summed E-state index contributed by atoms with van der Waals surface area (Å²) in [4.78, 5) is 21.1. The maximum atomic E-state index is 10.9. The zero-order chi connectivity index (χ0) is 13.0. The predicted octanol–water partition coefficient (Wildman–Crippen LogP) is 1.88. The van der Waals surface area contributed by atoms with Gasteiger partial charge >= 0.3 is 5.97 Å². The summed E-state index contributed by atoms with van der Waals surface area (Å²) < 4.78 is 0. The van der Waals surface area contributed by atoms with Gasteiger partial charge in [-0.1, -0.05) is 6.08 Å². The summed E-state index contributed by atoms with van der Waals surface area (Å²) in [5, 5.41) is 8.90. The molecule has 0 radical (unpaired) electrons. The lowest BCUT2D eigenvalue weighted by Gasteiger charge is -2.25. The third-order valence-electron chi connectivity index (χ3n) is 2.40. The van der Waals surface area contributed by atoms with Crippen LogP contribution in [0, 0.1) is 6.92 Å². The van der Waals surface area contributed by atoms with E-state index in [2.05, 4.69) is 16.5 Å². The van der Waals surface area contributed by atoms with E-state index in [1.54, 1.807) is 13.0 Å². The molecule has 0 bridgehead atoms. The Morgan fingerprint density at radius 2 is 2.29 bits per heavy atom. The number of hydrogen-bond acceptors (Lipinski definition) is 4. The zero-order valence-electron chi connectivity index (χ0n) is 10.3. The highest BCUT2D eigenvalue weighted by molar-refractivity contribution is 5.88. The Morgan fingerprint density at radius 3 is 2.71 bits per heavy atom. The molecular weight excluding hydrogens is 218 g/mol. The van der Waals surface area contributed by atoms with Crippen LogP contribution in [0.25, 0.3) is 0 Å². The molecule has 1 N–H and O–H groups in total. The summed E-state index contributed by atoms with van der Waals surface area (Å²) in [5.74, 6) is -0.476. The van der Waals surface area contributed by atoms with Crippen LogP contribution < -0.4 is 4.90 Å². The van der Waals surface area contributed by atoms with Crippen molar-refractivity contribution < 1.29 is 9.90 Å². The average molecular weight is 235 g/mol. The first kappa shape index (κ1) is 13.2. The summed E-state index contributed by atoms with van der Waals surface area (Å²) in [6, 6.07) is 0.225. The second-order valence-electron chi connectivity index (χ2n) is 4.01. The van der Waals surface area contributed by atoms with E-state index in [-0.39, 0.29) is 11.6 Å². The molecule has 0 aliphatic rings. The van der Waals surface area contributed by atoms with Crippen LogP contribution >= 0.6 is 0 Å². The largest absolute Gasteiger partial charge is 0.478 e. The normalized spacial score (nSPS) is 10.4. The number of anilines is 1. The van der Waals surface area contributed by atoms with Crippen LogP contribution in [0.3, 0.4) is 0 Å². The van der Waals surface area contributed by atoms with Crippen molar-refractivity contribution in [3.8, 4) is 0 Å². The van der Waals surface area contributed by atoms with Crippen LogP contribution in [0.2, 0.25) is 0 Å². The van der Waals surface area contributed by atoms with Gasteiger partial charge in [-0.15, -0.1) is 6.58 Å². The minimum Gasteiger partial charge on any atom is -0.478 e. The van der Waals surface area contributed by atoms with E-state index < -0.39 is 5.97 Å². The number of aryl methyl sites for hydroxylation is 1. The van der Waals surface area contributed by atoms with Crippen LogP contribution in [0.15, 0.2) is 18.9 Å². The van der Waals surface area contributed by atoms with Gasteiger partial charge in [0.2, 0.25) is 5.95 Å². The second kappa shape index (κ2) is 5.43. The maximum absolute atomic E-state index is 10.9. The van der Waals surface area contributed by atoms with E-state index in [1.807, 2.05) is 18.7 Å². The molecule has 0 fully saturated rings. The third kappa shape index (κ3) is 3.03. The highest BCUT2D eigenvalue weighted by Gasteiger charge is 2.15. The lowest BCUT2D eigenvalue weighted by Crippen LogP contribution is -2.32. The van der Waals surface area contributed by atoms with E-state index >= 15 is 0 Å². The minimum absolute atomic E-state index is 0.135. The summed E-state index contributed by atoms with van der Waals surface area (Å²) in [6.07, 6.45) is 3.11. The first-order chi connectivity index (χ1) is 7.97. The van der Waals surface area contributed by atoms with Gasteiger partial charge < -0.3 is 10.0 Å². The predicted molar refractivity (Wildman–Crippen MR) is 66.4 cm³/mol. The number of carboxylic acid groups (broad SMARTS) is 1. The Labute approximate surface area is 101 Å². The van der Waals surface area contributed by atoms with Gasteiger partial charge in [-0.25, -0.2) is 14.8 Å². The number of aromatic carboxylic acids is 1. The van der Waals surface area contributed by atoms with Crippen LogP contribution in [0.4, 0.5) is 5.95 Å². The van der Waals surface area contributed by atoms with Gasteiger partial charge in [0.15, 0.2) is 0 Å². The molecule has 0 aliphatic heterocycles. The maximum Gasteiger partial charge on any atom is 0.339 e. The summed E-state index contributed by atoms with van der Waals surface area (Å²) >= 11 is 0. The van der Waals surface area contributed by atoms with Gasteiger partial charge in [0.05, 0.1) is 11.3 Å². The quantitative estimate of drug-likeness (QED) is 0.789. The molecule has 0 aromatic carbocycles. The molecule has 0 unspecified atom stereocenters. The van der Waals surface area contributed by atoms with Crippen LogP contribution in [0.5, 0.6) is 0 Å². The third-order valence-corrected chi connectivity index (χ3v) is 2.40. The van der Waals surface area contributed by atoms with Crippen molar-refractivity contribution >= 4 is 11.9 Å². The molecule has 17 heavy (non-hydrogen) atoms. The fraction of sp³-hybridized carbons (Fsp3) is 0.417. The van der Waals surface area contributed by atoms with Gasteiger partial charge in [-0.05, 0) is 20.8 Å². The number of carbonyl (C=O) groups is 1. The fourth-order valence-corrected chi connectivity index (χ4v) is 1.47. The highest BCUT2D eigenvalue weighted by atomic mass is 16.4. The first-order valence-electron chi connectivity index (χ1n) is 5.41. The van der Waals surface area contributed by atoms with Crippen molar-refractivity contribution in [3.63, 3.8) is 0 Å². The number of carboxylic acids is 1. The molecule has 0 atom stereocenters. The van der Waals surface area contributed by atoms with E-state index in [1.165, 1.54) is 6.20 Å². The summed E-state index contributed by atoms with van der Waals surface area (Å²) in [6.45, 7) is 10.0. The molecule has 1 heterocycles. The minimum atomic E-state index is -1.01. The van der Waals surface area contributed by atoms with Crippen molar-refractivity contribution in [3.05, 3.63) is 30.1 Å². The van der Waals surface area contributed by atoms with Crippen molar-refractivity contribution in [2.75, 3.05) is 11.4 Å². The molecule has 0 saturated heterocycles. The lowest BCUT2D eigenvalue weighted by molar-refractivity contribution is 0.0695. The molecule has 92 valence electrons. The summed E-state index contributed by atoms with van der Waals surface area (Å²) in [7, 11) is 0. The van der Waals surface area contributed by atoms with Gasteiger partial charge in [0.1, 0.15) is 0 Å². The monoisotopic (exact) mass is 235 g/mol. The average Bonchev–Trinajstić information content (AvgIpc) is 2.24. The fourth-order valence-electron chi connectivity index (χ4n) is 1.47. The molecule has 1 rings (SSSR count). The van der Waals surface area contributed by atoms with Crippen LogP contribution in [0.1, 0.15) is 29.9 Å². The molecule has 5 heteroatoms. The summed E-state index contributed by atoms with van der Waals surface area (Å²) in [5.41, 5.74) is 0.605. The number of hydrogen-bond donors (Lipinski definition) is 1. The van der Waals surface area contributed by atoms with Crippen molar-refractivity contribution in [1.82, 2.24) is 9.97 Å². The van der Waals surface area contributed by atoms with E-state index in [9.17, 15) is 4.79 Å². The standard InChI is InChI=1S/C12H17N3O2/c1-5-6-15(8(2)3)12-13-7-10(11(16)17)9(4)14-12/h5,7-8H,1,6H2,2-4H3,(H,16,17). The Hall–Kier alpha value is -1.91. The Kier molecular flexibility index (Phi) is 4.20. The smallest absolute Gasteiger partial charge is 0.339 e. The Balaban J connectivity index is 3.10. The number of rotatable bonds is 5. The Morgan fingerprint density at radius 1 is 1.65 bits per heavy atom. The molecule has 1 aromatic heterocycles. The number of aromatic nitrogens is 2. The topological polar surface area (TPSA) is 66.3 Å². The molecule has 1 aromatic rings. The highest BCUT2D eigenvalue weighted by Crippen LogP contribution is 2.13.